The van der Waals surface area contributed by atoms with E-state index in [4.69, 9.17) is 0 Å². The van der Waals surface area contributed by atoms with E-state index in [0.29, 0.717) is 17.2 Å². The summed E-state index contributed by atoms with van der Waals surface area (Å²) in [6.07, 6.45) is 0.986. The first-order chi connectivity index (χ1) is 8.13. The maximum Gasteiger partial charge on any atom is 0.254 e. The summed E-state index contributed by atoms with van der Waals surface area (Å²) in [5.41, 5.74) is 1.26. The quantitative estimate of drug-likeness (QED) is 0.806. The molecule has 1 atom stereocenters. The molecule has 1 saturated heterocycles. The lowest BCUT2D eigenvalue weighted by atomic mass is 10.1. The molecule has 2 N–H and O–H groups in total. The summed E-state index contributed by atoms with van der Waals surface area (Å²) in [6.45, 7) is 3.29. The molecule has 4 heteroatoms. The van der Waals surface area contributed by atoms with Gasteiger partial charge in [0.25, 0.3) is 5.91 Å². The highest BCUT2D eigenvalue weighted by Crippen LogP contribution is 2.22. The van der Waals surface area contributed by atoms with Gasteiger partial charge in [-0.15, -0.1) is 0 Å². The molecule has 17 heavy (non-hydrogen) atoms. The van der Waals surface area contributed by atoms with Crippen molar-refractivity contribution in [2.24, 2.45) is 0 Å². The van der Waals surface area contributed by atoms with Crippen molar-refractivity contribution in [3.8, 4) is 5.75 Å². The third kappa shape index (κ3) is 2.26. The zero-order valence-corrected chi connectivity index (χ0v) is 10.2. The average molecular weight is 234 g/mol. The van der Waals surface area contributed by atoms with E-state index in [1.165, 1.54) is 0 Å². The zero-order chi connectivity index (χ0) is 12.4. The number of phenols is 1. The molecular weight excluding hydrogens is 216 g/mol. The van der Waals surface area contributed by atoms with Crippen molar-refractivity contribution in [3.63, 3.8) is 0 Å². The van der Waals surface area contributed by atoms with Crippen LogP contribution in [0.1, 0.15) is 22.3 Å². The first-order valence-electron chi connectivity index (χ1n) is 5.88. The minimum atomic E-state index is 0.0103. The number of likely N-dealkylation sites (N-methyl/N-ethyl adjacent to an activating group) is 1. The van der Waals surface area contributed by atoms with Crippen molar-refractivity contribution in [2.45, 2.75) is 19.4 Å². The summed E-state index contributed by atoms with van der Waals surface area (Å²) < 4.78 is 0. The van der Waals surface area contributed by atoms with Crippen molar-refractivity contribution >= 4 is 5.91 Å². The summed E-state index contributed by atoms with van der Waals surface area (Å²) >= 11 is 0. The maximum atomic E-state index is 12.3. The van der Waals surface area contributed by atoms with E-state index in [0.717, 1.165) is 19.5 Å². The van der Waals surface area contributed by atoms with Gasteiger partial charge >= 0.3 is 0 Å². The Morgan fingerprint density at radius 2 is 2.29 bits per heavy atom. The van der Waals surface area contributed by atoms with E-state index >= 15 is 0 Å². The van der Waals surface area contributed by atoms with Crippen LogP contribution in [-0.4, -0.2) is 42.1 Å². The Morgan fingerprint density at radius 3 is 2.94 bits per heavy atom. The molecule has 1 aromatic rings. The molecule has 1 aliphatic heterocycles. The number of nitrogens with zero attached hydrogens (tertiary/aromatic N) is 1. The second-order valence-electron chi connectivity index (χ2n) is 4.48. The minimum Gasteiger partial charge on any atom is -0.508 e. The van der Waals surface area contributed by atoms with Crippen LogP contribution in [0.15, 0.2) is 18.2 Å². The number of aromatic hydroxyl groups is 1. The molecule has 1 unspecified atom stereocenters. The summed E-state index contributed by atoms with van der Waals surface area (Å²) in [5, 5.41) is 12.8. The van der Waals surface area contributed by atoms with Gasteiger partial charge in [-0.2, -0.15) is 0 Å². The van der Waals surface area contributed by atoms with Crippen molar-refractivity contribution in [1.29, 1.82) is 0 Å². The standard InChI is InChI=1S/C13H18N2O2/c1-9-11(4-3-5-12(9)16)13(17)15-7-6-10(8-15)14-2/h3-5,10,14,16H,6-8H2,1-2H3. The van der Waals surface area contributed by atoms with E-state index < -0.39 is 0 Å². The smallest absolute Gasteiger partial charge is 0.254 e. The van der Waals surface area contributed by atoms with Gasteiger partial charge in [0.05, 0.1) is 0 Å². The Labute approximate surface area is 101 Å². The summed E-state index contributed by atoms with van der Waals surface area (Å²) in [7, 11) is 1.91. The van der Waals surface area contributed by atoms with Gasteiger partial charge in [-0.3, -0.25) is 4.79 Å². The van der Waals surface area contributed by atoms with Crippen LogP contribution in [0.4, 0.5) is 0 Å². The lowest BCUT2D eigenvalue weighted by Gasteiger charge is -2.18. The Bertz CT molecular complexity index is 431. The molecule has 2 rings (SSSR count). The minimum absolute atomic E-state index is 0.0103. The number of rotatable bonds is 2. The number of amides is 1. The lowest BCUT2D eigenvalue weighted by Crippen LogP contribution is -2.33. The third-order valence-electron chi connectivity index (χ3n) is 3.42. The number of hydrogen-bond acceptors (Lipinski definition) is 3. The predicted octanol–water partition coefficient (Wildman–Crippen LogP) is 1.13. The predicted molar refractivity (Wildman–Crippen MR) is 66.2 cm³/mol. The van der Waals surface area contributed by atoms with Gasteiger partial charge in [0, 0.05) is 30.3 Å². The van der Waals surface area contributed by atoms with Gasteiger partial charge in [0.15, 0.2) is 0 Å². The molecule has 0 spiro atoms. The van der Waals surface area contributed by atoms with Crippen LogP contribution in [-0.2, 0) is 0 Å². The van der Waals surface area contributed by atoms with Crippen LogP contribution in [0.2, 0.25) is 0 Å². The third-order valence-corrected chi connectivity index (χ3v) is 3.42. The summed E-state index contributed by atoms with van der Waals surface area (Å²) in [5.74, 6) is 0.191. The molecular formula is C13H18N2O2. The number of benzene rings is 1. The van der Waals surface area contributed by atoms with Gasteiger partial charge in [-0.25, -0.2) is 0 Å². The van der Waals surface area contributed by atoms with E-state index in [9.17, 15) is 9.90 Å². The van der Waals surface area contributed by atoms with Crippen LogP contribution in [0.25, 0.3) is 0 Å². The number of carbonyl (C=O) groups excluding carboxylic acids is 1. The zero-order valence-electron chi connectivity index (χ0n) is 10.2. The van der Waals surface area contributed by atoms with E-state index in [1.54, 1.807) is 25.1 Å². The molecule has 1 aromatic carbocycles. The molecule has 0 bridgehead atoms. The van der Waals surface area contributed by atoms with Gasteiger partial charge in [0.2, 0.25) is 0 Å². The average Bonchev–Trinajstić information content (AvgIpc) is 2.80. The molecule has 0 radical (unpaired) electrons. The normalized spacial score (nSPS) is 19.6. The maximum absolute atomic E-state index is 12.3. The highest BCUT2D eigenvalue weighted by molar-refractivity contribution is 5.96. The molecule has 0 aromatic heterocycles. The van der Waals surface area contributed by atoms with Crippen molar-refractivity contribution < 1.29 is 9.90 Å². The number of phenolic OH excluding ortho intramolecular Hbond substituents is 1. The molecule has 4 nitrogen and oxygen atoms in total. The first-order valence-corrected chi connectivity index (χ1v) is 5.88. The van der Waals surface area contributed by atoms with Crippen LogP contribution in [0.3, 0.4) is 0 Å². The van der Waals surface area contributed by atoms with E-state index in [-0.39, 0.29) is 11.7 Å². The molecule has 92 valence electrons. The SMILES string of the molecule is CNC1CCN(C(=O)c2cccc(O)c2C)C1. The van der Waals surface area contributed by atoms with Gasteiger partial charge < -0.3 is 15.3 Å². The topological polar surface area (TPSA) is 52.6 Å². The highest BCUT2D eigenvalue weighted by atomic mass is 16.3. The van der Waals surface area contributed by atoms with Crippen LogP contribution in [0, 0.1) is 6.92 Å². The molecule has 0 saturated carbocycles. The second-order valence-corrected chi connectivity index (χ2v) is 4.48. The molecule has 1 fully saturated rings. The Kier molecular flexibility index (Phi) is 3.33. The monoisotopic (exact) mass is 234 g/mol. The summed E-state index contributed by atoms with van der Waals surface area (Å²) in [4.78, 5) is 14.1. The van der Waals surface area contributed by atoms with Gasteiger partial charge in [-0.1, -0.05) is 6.07 Å². The van der Waals surface area contributed by atoms with Gasteiger partial charge in [-0.05, 0) is 32.5 Å². The van der Waals surface area contributed by atoms with Gasteiger partial charge in [0.1, 0.15) is 5.75 Å². The van der Waals surface area contributed by atoms with Crippen LogP contribution in [0.5, 0.6) is 5.75 Å². The molecule has 1 amide bonds. The number of likely N-dealkylation sites (tertiary alicyclic amines) is 1. The lowest BCUT2D eigenvalue weighted by molar-refractivity contribution is 0.0788. The number of hydrogen-bond donors (Lipinski definition) is 2. The van der Waals surface area contributed by atoms with E-state index in [1.807, 2.05) is 11.9 Å². The number of carbonyl (C=O) groups is 1. The number of nitrogens with one attached hydrogen (secondary N) is 1. The Balaban J connectivity index is 2.18. The van der Waals surface area contributed by atoms with Crippen molar-refractivity contribution in [3.05, 3.63) is 29.3 Å². The van der Waals surface area contributed by atoms with Crippen molar-refractivity contribution in [1.82, 2.24) is 10.2 Å². The molecule has 1 aliphatic rings. The molecule has 0 aliphatic carbocycles. The Hall–Kier alpha value is -1.55. The van der Waals surface area contributed by atoms with Crippen LogP contribution >= 0.6 is 0 Å². The Morgan fingerprint density at radius 1 is 1.53 bits per heavy atom. The van der Waals surface area contributed by atoms with Crippen molar-refractivity contribution in [2.75, 3.05) is 20.1 Å². The van der Waals surface area contributed by atoms with E-state index in [2.05, 4.69) is 5.32 Å². The fraction of sp³-hybridized carbons (Fsp3) is 0.462. The first kappa shape index (κ1) is 11.9. The largest absolute Gasteiger partial charge is 0.508 e. The summed E-state index contributed by atoms with van der Waals surface area (Å²) in [6, 6.07) is 5.47. The fourth-order valence-electron chi connectivity index (χ4n) is 2.21. The second kappa shape index (κ2) is 4.75. The van der Waals surface area contributed by atoms with Crippen LogP contribution < -0.4 is 5.32 Å². The highest BCUT2D eigenvalue weighted by Gasteiger charge is 2.26. The molecule has 1 heterocycles. The fourth-order valence-corrected chi connectivity index (χ4v) is 2.21.